The van der Waals surface area contributed by atoms with Crippen LogP contribution in [0.2, 0.25) is 15.1 Å². The average Bonchev–Trinajstić information content (AvgIpc) is 2.44. The van der Waals surface area contributed by atoms with E-state index in [4.69, 9.17) is 34.8 Å². The van der Waals surface area contributed by atoms with E-state index in [9.17, 15) is 13.2 Å². The summed E-state index contributed by atoms with van der Waals surface area (Å²) in [6, 6.07) is 10.7. The third-order valence-corrected chi connectivity index (χ3v) is 4.45. The number of halogens is 3. The Kier molecular flexibility index (Phi) is 5.70. The molecule has 2 aromatic carbocycles. The Labute approximate surface area is 148 Å². The topological polar surface area (TPSA) is 63.2 Å². The fourth-order valence-electron chi connectivity index (χ4n) is 1.67. The van der Waals surface area contributed by atoms with Gasteiger partial charge in [0.25, 0.3) is 15.9 Å². The van der Waals surface area contributed by atoms with Gasteiger partial charge in [0, 0.05) is 10.0 Å². The van der Waals surface area contributed by atoms with Gasteiger partial charge in [-0.05, 0) is 42.0 Å². The average molecular weight is 391 g/mol. The van der Waals surface area contributed by atoms with Crippen LogP contribution in [-0.2, 0) is 10.0 Å². The largest absolute Gasteiger partial charge is 0.268 e. The highest BCUT2D eigenvalue weighted by molar-refractivity contribution is 7.93. The summed E-state index contributed by atoms with van der Waals surface area (Å²) in [5.41, 5.74) is 0.593. The van der Waals surface area contributed by atoms with Gasteiger partial charge >= 0.3 is 0 Å². The zero-order valence-electron chi connectivity index (χ0n) is 11.5. The maximum atomic E-state index is 12.0. The second-order valence-electron chi connectivity index (χ2n) is 4.46. The molecule has 0 aromatic heterocycles. The minimum atomic E-state index is -3.98. The van der Waals surface area contributed by atoms with E-state index in [1.165, 1.54) is 24.3 Å². The second kappa shape index (κ2) is 7.36. The van der Waals surface area contributed by atoms with Gasteiger partial charge in [-0.1, -0.05) is 46.9 Å². The fraction of sp³-hybridized carbons (Fsp3) is 0. The van der Waals surface area contributed by atoms with Crippen LogP contribution in [0.1, 0.15) is 15.9 Å². The number of nitrogens with one attached hydrogen (secondary N) is 1. The van der Waals surface area contributed by atoms with Crippen LogP contribution < -0.4 is 4.72 Å². The zero-order valence-corrected chi connectivity index (χ0v) is 14.5. The van der Waals surface area contributed by atoms with E-state index >= 15 is 0 Å². The quantitative estimate of drug-likeness (QED) is 0.842. The molecule has 0 heterocycles. The number of hydrogen-bond acceptors (Lipinski definition) is 3. The molecule has 0 saturated heterocycles. The number of amides is 1. The molecule has 0 atom stereocenters. The second-order valence-corrected chi connectivity index (χ2v) is 7.30. The van der Waals surface area contributed by atoms with E-state index in [1.54, 1.807) is 24.3 Å². The number of carbonyl (C=O) groups is 1. The van der Waals surface area contributed by atoms with Crippen molar-refractivity contribution in [1.82, 2.24) is 4.72 Å². The first-order chi connectivity index (χ1) is 10.8. The Bertz CT molecular complexity index is 879. The lowest BCUT2D eigenvalue weighted by atomic mass is 10.2. The van der Waals surface area contributed by atoms with E-state index in [1.807, 2.05) is 4.72 Å². The van der Waals surface area contributed by atoms with Crippen molar-refractivity contribution in [2.24, 2.45) is 0 Å². The van der Waals surface area contributed by atoms with E-state index in [-0.39, 0.29) is 10.6 Å². The van der Waals surface area contributed by atoms with Crippen molar-refractivity contribution in [2.45, 2.75) is 0 Å². The van der Waals surface area contributed by atoms with Crippen molar-refractivity contribution in [1.29, 1.82) is 0 Å². The summed E-state index contributed by atoms with van der Waals surface area (Å²) in [6.45, 7) is 0. The Morgan fingerprint density at radius 1 is 1.00 bits per heavy atom. The van der Waals surface area contributed by atoms with Gasteiger partial charge in [-0.15, -0.1) is 0 Å². The molecule has 2 rings (SSSR count). The lowest BCUT2D eigenvalue weighted by Crippen LogP contribution is -2.29. The fourth-order valence-corrected chi connectivity index (χ4v) is 3.14. The molecule has 120 valence electrons. The molecule has 2 aromatic rings. The molecule has 0 aliphatic rings. The molecule has 0 aliphatic heterocycles. The monoisotopic (exact) mass is 389 g/mol. The van der Waals surface area contributed by atoms with Gasteiger partial charge in [-0.2, -0.15) is 0 Å². The summed E-state index contributed by atoms with van der Waals surface area (Å²) >= 11 is 17.4. The van der Waals surface area contributed by atoms with E-state index in [0.717, 1.165) is 5.41 Å². The molecule has 0 fully saturated rings. The first-order valence-corrected chi connectivity index (χ1v) is 8.91. The first-order valence-electron chi connectivity index (χ1n) is 6.23. The van der Waals surface area contributed by atoms with Crippen LogP contribution in [0.3, 0.4) is 0 Å². The number of carbonyl (C=O) groups excluding carboxylic acids is 1. The normalized spacial score (nSPS) is 11.6. The molecular formula is C15H10Cl3NO3S. The number of hydrogen-bond donors (Lipinski definition) is 1. The van der Waals surface area contributed by atoms with Crippen molar-refractivity contribution in [3.05, 3.63) is 74.1 Å². The van der Waals surface area contributed by atoms with E-state index in [0.29, 0.717) is 15.6 Å². The third kappa shape index (κ3) is 5.25. The molecular weight excluding hydrogens is 381 g/mol. The lowest BCUT2D eigenvalue weighted by molar-refractivity contribution is 0.0982. The molecule has 0 spiro atoms. The van der Waals surface area contributed by atoms with E-state index < -0.39 is 15.9 Å². The molecule has 0 radical (unpaired) electrons. The van der Waals surface area contributed by atoms with Crippen molar-refractivity contribution in [3.63, 3.8) is 0 Å². The van der Waals surface area contributed by atoms with Crippen LogP contribution in [0.25, 0.3) is 6.08 Å². The Balaban J connectivity index is 2.16. The number of sulfonamides is 1. The van der Waals surface area contributed by atoms with Crippen LogP contribution >= 0.6 is 34.8 Å². The molecule has 0 aliphatic carbocycles. The Hall–Kier alpha value is -1.53. The van der Waals surface area contributed by atoms with Crippen LogP contribution in [0.15, 0.2) is 47.9 Å². The summed E-state index contributed by atoms with van der Waals surface area (Å²) in [5, 5.41) is 1.75. The van der Waals surface area contributed by atoms with Gasteiger partial charge in [0.05, 0.1) is 16.0 Å². The van der Waals surface area contributed by atoms with Gasteiger partial charge in [0.2, 0.25) is 0 Å². The Morgan fingerprint density at radius 2 is 1.70 bits per heavy atom. The van der Waals surface area contributed by atoms with Crippen LogP contribution in [0, 0.1) is 0 Å². The van der Waals surface area contributed by atoms with Crippen molar-refractivity contribution >= 4 is 56.8 Å². The van der Waals surface area contributed by atoms with Gasteiger partial charge in [0.1, 0.15) is 0 Å². The molecule has 8 heteroatoms. The molecule has 23 heavy (non-hydrogen) atoms. The highest BCUT2D eigenvalue weighted by Gasteiger charge is 2.16. The summed E-state index contributed by atoms with van der Waals surface area (Å²) in [6.07, 6.45) is 1.32. The minimum Gasteiger partial charge on any atom is -0.268 e. The standard InChI is InChI=1S/C15H10Cl3NO3S/c16-11-3-1-2-10(8-11)6-7-23(21,22)19-15(20)13-5-4-12(17)9-14(13)18/h1-9H,(H,19,20)/b7-6+. The predicted molar refractivity (Wildman–Crippen MR) is 93.3 cm³/mol. The Morgan fingerprint density at radius 3 is 2.35 bits per heavy atom. The zero-order chi connectivity index (χ0) is 17.0. The molecule has 0 bridgehead atoms. The molecule has 1 N–H and O–H groups in total. The third-order valence-electron chi connectivity index (χ3n) is 2.70. The number of benzene rings is 2. The van der Waals surface area contributed by atoms with E-state index in [2.05, 4.69) is 0 Å². The van der Waals surface area contributed by atoms with Crippen molar-refractivity contribution in [3.8, 4) is 0 Å². The summed E-state index contributed by atoms with van der Waals surface area (Å²) < 4.78 is 25.8. The molecule has 1 amide bonds. The van der Waals surface area contributed by atoms with Gasteiger partial charge in [-0.3, -0.25) is 4.79 Å². The van der Waals surface area contributed by atoms with Gasteiger partial charge in [-0.25, -0.2) is 13.1 Å². The smallest absolute Gasteiger partial charge is 0.266 e. The predicted octanol–water partition coefficient (Wildman–Crippen LogP) is 4.38. The van der Waals surface area contributed by atoms with Crippen molar-refractivity contribution < 1.29 is 13.2 Å². The first kappa shape index (κ1) is 17.8. The number of rotatable bonds is 4. The maximum Gasteiger partial charge on any atom is 0.266 e. The SMILES string of the molecule is O=C(NS(=O)(=O)/C=C/c1cccc(Cl)c1)c1ccc(Cl)cc1Cl. The van der Waals surface area contributed by atoms with Gasteiger partial charge < -0.3 is 0 Å². The summed E-state index contributed by atoms with van der Waals surface area (Å²) in [7, 11) is -3.98. The van der Waals surface area contributed by atoms with Crippen LogP contribution in [0.5, 0.6) is 0 Å². The summed E-state index contributed by atoms with van der Waals surface area (Å²) in [4.78, 5) is 12.0. The minimum absolute atomic E-state index is 0.01000. The van der Waals surface area contributed by atoms with Crippen LogP contribution in [0.4, 0.5) is 0 Å². The molecule has 0 unspecified atom stereocenters. The van der Waals surface area contributed by atoms with Crippen molar-refractivity contribution in [2.75, 3.05) is 0 Å². The lowest BCUT2D eigenvalue weighted by Gasteiger charge is -2.05. The van der Waals surface area contributed by atoms with Gasteiger partial charge in [0.15, 0.2) is 0 Å². The van der Waals surface area contributed by atoms with Crippen LogP contribution in [-0.4, -0.2) is 14.3 Å². The molecule has 0 saturated carbocycles. The highest BCUT2D eigenvalue weighted by Crippen LogP contribution is 2.21. The summed E-state index contributed by atoms with van der Waals surface area (Å²) in [5.74, 6) is -0.845. The highest BCUT2D eigenvalue weighted by atomic mass is 35.5. The maximum absolute atomic E-state index is 12.0. The molecule has 4 nitrogen and oxygen atoms in total.